The molecule has 0 bridgehead atoms. The quantitative estimate of drug-likeness (QED) is 0.166. The molecule has 1 heterocycles. The summed E-state index contributed by atoms with van der Waals surface area (Å²) in [5.74, 6) is 0. The van der Waals surface area contributed by atoms with E-state index in [-0.39, 0.29) is 5.41 Å². The third kappa shape index (κ3) is 5.30. The number of fused-ring (bicyclic) bond motifs is 13. The molecule has 314 valence electrons. The largest absolute Gasteiger partial charge is 0.456 e. The lowest BCUT2D eigenvalue weighted by atomic mass is 9.69. The van der Waals surface area contributed by atoms with Gasteiger partial charge in [-0.3, -0.25) is 0 Å². The van der Waals surface area contributed by atoms with Crippen molar-refractivity contribution in [2.24, 2.45) is 0 Å². The van der Waals surface area contributed by atoms with Crippen LogP contribution in [0.2, 0.25) is 0 Å². The fourth-order valence-corrected chi connectivity index (χ4v) is 12.0. The minimum absolute atomic E-state index is 0.157. The van der Waals surface area contributed by atoms with E-state index in [1.165, 1.54) is 77.9 Å². The van der Waals surface area contributed by atoms with Crippen LogP contribution in [0.1, 0.15) is 61.1 Å². The van der Waals surface area contributed by atoms with Crippen LogP contribution < -0.4 is 4.90 Å². The van der Waals surface area contributed by atoms with Gasteiger partial charge in [-0.2, -0.15) is 0 Å². The number of anilines is 3. The average Bonchev–Trinajstić information content (AvgIpc) is 4.03. The molecule has 1 spiro atoms. The number of furan rings is 1. The number of para-hydroxylation sites is 1. The van der Waals surface area contributed by atoms with Crippen LogP contribution in [0.15, 0.2) is 222 Å². The second kappa shape index (κ2) is 14.3. The molecule has 3 aliphatic rings. The van der Waals surface area contributed by atoms with Crippen LogP contribution in [0, 0.1) is 0 Å². The third-order valence-electron chi connectivity index (χ3n) is 15.0. The van der Waals surface area contributed by atoms with E-state index in [1.807, 2.05) is 12.1 Å². The van der Waals surface area contributed by atoms with Gasteiger partial charge in [0, 0.05) is 33.1 Å². The van der Waals surface area contributed by atoms with Gasteiger partial charge in [0.15, 0.2) is 0 Å². The van der Waals surface area contributed by atoms with Crippen molar-refractivity contribution in [3.05, 3.63) is 251 Å². The molecule has 1 aromatic heterocycles. The smallest absolute Gasteiger partial charge is 0.136 e. The van der Waals surface area contributed by atoms with E-state index in [1.54, 1.807) is 0 Å². The van der Waals surface area contributed by atoms with Crippen molar-refractivity contribution >= 4 is 44.6 Å². The van der Waals surface area contributed by atoms with Crippen molar-refractivity contribution in [1.82, 2.24) is 0 Å². The number of benzene rings is 9. The predicted octanol–water partition coefficient (Wildman–Crippen LogP) is 17.4. The Bertz CT molecular complexity index is 3690. The summed E-state index contributed by atoms with van der Waals surface area (Å²) in [6, 6.07) is 74.3. The molecule has 2 heteroatoms. The van der Waals surface area contributed by atoms with Gasteiger partial charge in [-0.25, -0.2) is 0 Å². The van der Waals surface area contributed by atoms with Crippen molar-refractivity contribution in [2.75, 3.05) is 4.90 Å². The Morgan fingerprint density at radius 1 is 0.439 bits per heavy atom. The zero-order valence-corrected chi connectivity index (χ0v) is 37.6. The van der Waals surface area contributed by atoms with Gasteiger partial charge in [-0.15, -0.1) is 0 Å². The van der Waals surface area contributed by atoms with E-state index in [9.17, 15) is 0 Å². The van der Waals surface area contributed by atoms with Crippen LogP contribution >= 0.6 is 0 Å². The minimum atomic E-state index is -0.509. The van der Waals surface area contributed by atoms with Gasteiger partial charge in [0.1, 0.15) is 11.2 Å². The molecular weight excluding hydrogens is 799 g/mol. The van der Waals surface area contributed by atoms with Gasteiger partial charge in [0.25, 0.3) is 0 Å². The molecule has 1 atom stereocenters. The van der Waals surface area contributed by atoms with E-state index in [0.29, 0.717) is 0 Å². The summed E-state index contributed by atoms with van der Waals surface area (Å²) < 4.78 is 6.34. The van der Waals surface area contributed by atoms with Gasteiger partial charge in [-0.05, 0) is 152 Å². The first-order valence-corrected chi connectivity index (χ1v) is 23.2. The minimum Gasteiger partial charge on any atom is -0.456 e. The van der Waals surface area contributed by atoms with Crippen molar-refractivity contribution in [3.8, 4) is 44.5 Å². The highest BCUT2D eigenvalue weighted by Crippen LogP contribution is 2.65. The molecule has 1 unspecified atom stereocenters. The highest BCUT2D eigenvalue weighted by molar-refractivity contribution is 6.06. The summed E-state index contributed by atoms with van der Waals surface area (Å²) in [4.78, 5) is 2.52. The number of allylic oxidation sites excluding steroid dienone is 4. The second-order valence-corrected chi connectivity index (χ2v) is 18.8. The van der Waals surface area contributed by atoms with E-state index in [2.05, 4.69) is 233 Å². The number of rotatable bonds is 6. The molecule has 2 nitrogen and oxygen atoms in total. The maximum absolute atomic E-state index is 6.34. The Balaban J connectivity index is 1.04. The second-order valence-electron chi connectivity index (χ2n) is 18.8. The molecule has 66 heavy (non-hydrogen) atoms. The monoisotopic (exact) mass is 845 g/mol. The topological polar surface area (TPSA) is 16.4 Å². The van der Waals surface area contributed by atoms with Crippen molar-refractivity contribution in [1.29, 1.82) is 0 Å². The molecular formula is C64H47NO. The number of hydrogen-bond acceptors (Lipinski definition) is 2. The molecule has 0 radical (unpaired) electrons. The third-order valence-corrected chi connectivity index (χ3v) is 15.0. The van der Waals surface area contributed by atoms with E-state index >= 15 is 0 Å². The van der Waals surface area contributed by atoms with E-state index < -0.39 is 5.41 Å². The standard InChI is InChI=1S/C64H47NO/c1-5-16-53-40(2)47-34-29-43(41-17-7-6-8-18-41)37-58(47)64(53)55-23-13-10-21-52(55)62-56(64)24-15-25-59(62)65(46-33-36-49-48-19-9-12-22-54(48)63(3,4)57(49)39-46)45-31-27-42(28-32-45)44-30-35-51-50-20-11-14-26-60(50)66-61(51)38-44/h5-39H,1-4H3/b16-5-. The average molecular weight is 846 g/mol. The summed E-state index contributed by atoms with van der Waals surface area (Å²) in [5.41, 5.74) is 25.1. The Morgan fingerprint density at radius 3 is 1.89 bits per heavy atom. The van der Waals surface area contributed by atoms with Crippen LogP contribution in [0.3, 0.4) is 0 Å². The van der Waals surface area contributed by atoms with E-state index in [4.69, 9.17) is 4.42 Å². The first-order chi connectivity index (χ1) is 32.4. The SMILES string of the molecule is C/C=C\C1=C(C)c2ccc(-c3ccccc3)cc2C12c1ccccc1-c1c(N(c3ccc(-c4ccc5c(c4)oc4ccccc45)cc3)c3ccc4c(c3)C(C)(C)c3ccccc3-4)cccc12. The van der Waals surface area contributed by atoms with Crippen molar-refractivity contribution in [2.45, 2.75) is 38.5 Å². The molecule has 10 aromatic rings. The lowest BCUT2D eigenvalue weighted by molar-refractivity contribution is 0.660. The summed E-state index contributed by atoms with van der Waals surface area (Å²) in [7, 11) is 0. The summed E-state index contributed by atoms with van der Waals surface area (Å²) in [5, 5.41) is 2.28. The number of hydrogen-bond donors (Lipinski definition) is 0. The molecule has 0 saturated heterocycles. The summed E-state index contributed by atoms with van der Waals surface area (Å²) in [6.07, 6.45) is 4.59. The molecule has 0 amide bonds. The Kier molecular flexibility index (Phi) is 8.33. The Hall–Kier alpha value is -7.94. The zero-order chi connectivity index (χ0) is 44.3. The van der Waals surface area contributed by atoms with Crippen LogP contribution in [0.4, 0.5) is 17.1 Å². The van der Waals surface area contributed by atoms with Crippen molar-refractivity contribution < 1.29 is 4.42 Å². The van der Waals surface area contributed by atoms with E-state index in [0.717, 1.165) is 50.1 Å². The maximum atomic E-state index is 6.34. The highest BCUT2D eigenvalue weighted by Gasteiger charge is 2.52. The molecule has 0 saturated carbocycles. The van der Waals surface area contributed by atoms with Gasteiger partial charge < -0.3 is 9.32 Å². The van der Waals surface area contributed by atoms with Gasteiger partial charge >= 0.3 is 0 Å². The first kappa shape index (κ1) is 38.5. The molecule has 0 aliphatic heterocycles. The van der Waals surface area contributed by atoms with Crippen LogP contribution in [-0.2, 0) is 10.8 Å². The first-order valence-electron chi connectivity index (χ1n) is 23.2. The molecule has 0 fully saturated rings. The van der Waals surface area contributed by atoms with Crippen molar-refractivity contribution in [3.63, 3.8) is 0 Å². The normalized spacial score (nSPS) is 16.2. The fourth-order valence-electron chi connectivity index (χ4n) is 12.0. The summed E-state index contributed by atoms with van der Waals surface area (Å²) in [6.45, 7) is 9.22. The molecule has 3 aliphatic carbocycles. The maximum Gasteiger partial charge on any atom is 0.136 e. The molecule has 9 aromatic carbocycles. The number of nitrogens with zero attached hydrogens (tertiary/aromatic N) is 1. The van der Waals surface area contributed by atoms with Gasteiger partial charge in [0.2, 0.25) is 0 Å². The van der Waals surface area contributed by atoms with Crippen LogP contribution in [-0.4, -0.2) is 0 Å². The molecule has 0 N–H and O–H groups in total. The lowest BCUT2D eigenvalue weighted by Gasteiger charge is -2.33. The Labute approximate surface area is 386 Å². The van der Waals surface area contributed by atoms with Crippen LogP contribution in [0.25, 0.3) is 72.0 Å². The summed E-state index contributed by atoms with van der Waals surface area (Å²) >= 11 is 0. The van der Waals surface area contributed by atoms with Crippen LogP contribution in [0.5, 0.6) is 0 Å². The highest BCUT2D eigenvalue weighted by atomic mass is 16.3. The lowest BCUT2D eigenvalue weighted by Crippen LogP contribution is -2.27. The van der Waals surface area contributed by atoms with Gasteiger partial charge in [0.05, 0.1) is 11.1 Å². The zero-order valence-electron chi connectivity index (χ0n) is 37.6. The Morgan fingerprint density at radius 2 is 1.06 bits per heavy atom. The fraction of sp³-hybridized carbons (Fsp3) is 0.0938. The predicted molar refractivity (Wildman–Crippen MR) is 276 cm³/mol. The van der Waals surface area contributed by atoms with Gasteiger partial charge in [-0.1, -0.05) is 172 Å². The molecule has 13 rings (SSSR count).